The van der Waals surface area contributed by atoms with Crippen LogP contribution in [0.4, 0.5) is 5.82 Å². The number of aromatic nitrogens is 2. The topological polar surface area (TPSA) is 78.4 Å². The van der Waals surface area contributed by atoms with E-state index in [9.17, 15) is 4.79 Å². The highest BCUT2D eigenvalue weighted by Crippen LogP contribution is 2.14. The van der Waals surface area contributed by atoms with Gasteiger partial charge in [-0.3, -0.25) is 0 Å². The Bertz CT molecular complexity index is 393. The molecule has 0 spiro atoms. The SMILES string of the molecule is CN1CCC(CNc2ccc(C(=O)O)nn2)C1. The molecule has 1 aliphatic rings. The van der Waals surface area contributed by atoms with Gasteiger partial charge in [-0.2, -0.15) is 0 Å². The number of hydrogen-bond acceptors (Lipinski definition) is 5. The number of carboxylic acid groups (broad SMARTS) is 1. The molecule has 0 bridgehead atoms. The van der Waals surface area contributed by atoms with Crippen molar-refractivity contribution in [1.29, 1.82) is 0 Å². The summed E-state index contributed by atoms with van der Waals surface area (Å²) in [6, 6.07) is 3.10. The summed E-state index contributed by atoms with van der Waals surface area (Å²) < 4.78 is 0. The monoisotopic (exact) mass is 236 g/mol. The Morgan fingerprint density at radius 3 is 2.94 bits per heavy atom. The maximum atomic E-state index is 10.6. The molecule has 0 radical (unpaired) electrons. The molecule has 1 unspecified atom stereocenters. The van der Waals surface area contributed by atoms with Crippen LogP contribution in [0.25, 0.3) is 0 Å². The summed E-state index contributed by atoms with van der Waals surface area (Å²) in [5.74, 6) is 0.201. The van der Waals surface area contributed by atoms with Gasteiger partial charge in [0.2, 0.25) is 0 Å². The van der Waals surface area contributed by atoms with Crippen LogP contribution in [0.5, 0.6) is 0 Å². The highest BCUT2D eigenvalue weighted by Gasteiger charge is 2.19. The standard InChI is InChI=1S/C11H16N4O2/c1-15-5-4-8(7-15)6-12-10-3-2-9(11(16)17)13-14-10/h2-3,8H,4-7H2,1H3,(H,12,14)(H,16,17). The Labute approximate surface area is 99.7 Å². The van der Waals surface area contributed by atoms with E-state index in [4.69, 9.17) is 5.11 Å². The number of likely N-dealkylation sites (tertiary alicyclic amines) is 1. The van der Waals surface area contributed by atoms with Crippen LogP contribution < -0.4 is 5.32 Å². The van der Waals surface area contributed by atoms with Crippen molar-refractivity contribution in [3.8, 4) is 0 Å². The molecule has 1 aromatic heterocycles. The summed E-state index contributed by atoms with van der Waals surface area (Å²) >= 11 is 0. The molecule has 0 aromatic carbocycles. The van der Waals surface area contributed by atoms with Crippen LogP contribution in [0.15, 0.2) is 12.1 Å². The van der Waals surface area contributed by atoms with Crippen molar-refractivity contribution in [3.63, 3.8) is 0 Å². The fourth-order valence-electron chi connectivity index (χ4n) is 1.98. The average molecular weight is 236 g/mol. The van der Waals surface area contributed by atoms with Crippen molar-refractivity contribution >= 4 is 11.8 Å². The summed E-state index contributed by atoms with van der Waals surface area (Å²) in [6.07, 6.45) is 1.18. The van der Waals surface area contributed by atoms with Crippen molar-refractivity contribution < 1.29 is 9.90 Å². The fourth-order valence-corrected chi connectivity index (χ4v) is 1.98. The van der Waals surface area contributed by atoms with E-state index in [2.05, 4.69) is 27.5 Å². The van der Waals surface area contributed by atoms with E-state index >= 15 is 0 Å². The van der Waals surface area contributed by atoms with Crippen molar-refractivity contribution in [2.75, 3.05) is 32.0 Å². The van der Waals surface area contributed by atoms with Gasteiger partial charge in [0.05, 0.1) is 0 Å². The lowest BCUT2D eigenvalue weighted by molar-refractivity contribution is 0.0689. The second kappa shape index (κ2) is 5.09. The van der Waals surface area contributed by atoms with Crippen molar-refractivity contribution in [2.24, 2.45) is 5.92 Å². The summed E-state index contributed by atoms with van der Waals surface area (Å²) in [5, 5.41) is 19.3. The van der Waals surface area contributed by atoms with Crippen molar-refractivity contribution in [3.05, 3.63) is 17.8 Å². The molecule has 1 aliphatic heterocycles. The maximum Gasteiger partial charge on any atom is 0.356 e. The van der Waals surface area contributed by atoms with E-state index in [0.29, 0.717) is 11.7 Å². The number of hydrogen-bond donors (Lipinski definition) is 2. The van der Waals surface area contributed by atoms with Gasteiger partial charge in [0.1, 0.15) is 5.82 Å². The van der Waals surface area contributed by atoms with Gasteiger partial charge in [-0.1, -0.05) is 0 Å². The van der Waals surface area contributed by atoms with Gasteiger partial charge in [-0.25, -0.2) is 4.79 Å². The molecule has 6 nitrogen and oxygen atoms in total. The molecule has 92 valence electrons. The molecular formula is C11H16N4O2. The molecule has 2 heterocycles. The highest BCUT2D eigenvalue weighted by atomic mass is 16.4. The Kier molecular flexibility index (Phi) is 3.53. The minimum atomic E-state index is -1.05. The predicted octanol–water partition coefficient (Wildman–Crippen LogP) is 0.538. The van der Waals surface area contributed by atoms with Crippen LogP contribution >= 0.6 is 0 Å². The van der Waals surface area contributed by atoms with Gasteiger partial charge >= 0.3 is 5.97 Å². The zero-order valence-corrected chi connectivity index (χ0v) is 9.76. The van der Waals surface area contributed by atoms with Crippen LogP contribution in [0.2, 0.25) is 0 Å². The van der Waals surface area contributed by atoms with Crippen LogP contribution in [0, 0.1) is 5.92 Å². The molecule has 0 amide bonds. The van der Waals surface area contributed by atoms with E-state index in [1.807, 2.05) is 0 Å². The van der Waals surface area contributed by atoms with Gasteiger partial charge in [0.25, 0.3) is 0 Å². The van der Waals surface area contributed by atoms with Crippen molar-refractivity contribution in [1.82, 2.24) is 15.1 Å². The molecular weight excluding hydrogens is 220 g/mol. The smallest absolute Gasteiger partial charge is 0.356 e. The van der Waals surface area contributed by atoms with Gasteiger partial charge in [-0.05, 0) is 38.1 Å². The zero-order chi connectivity index (χ0) is 12.3. The Morgan fingerprint density at radius 2 is 2.41 bits per heavy atom. The lowest BCUT2D eigenvalue weighted by atomic mass is 10.1. The molecule has 0 aliphatic carbocycles. The van der Waals surface area contributed by atoms with Gasteiger partial charge < -0.3 is 15.3 Å². The van der Waals surface area contributed by atoms with Gasteiger partial charge in [0, 0.05) is 13.1 Å². The molecule has 6 heteroatoms. The number of aromatic carboxylic acids is 1. The molecule has 17 heavy (non-hydrogen) atoms. The number of rotatable bonds is 4. The minimum absolute atomic E-state index is 0.0313. The fraction of sp³-hybridized carbons (Fsp3) is 0.545. The number of nitrogens with one attached hydrogen (secondary N) is 1. The normalized spacial score (nSPS) is 20.4. The summed E-state index contributed by atoms with van der Waals surface area (Å²) in [6.45, 7) is 3.08. The largest absolute Gasteiger partial charge is 0.476 e. The van der Waals surface area contributed by atoms with E-state index in [-0.39, 0.29) is 5.69 Å². The first-order valence-corrected chi connectivity index (χ1v) is 5.64. The predicted molar refractivity (Wildman–Crippen MR) is 63.1 cm³/mol. The first kappa shape index (κ1) is 11.8. The quantitative estimate of drug-likeness (QED) is 0.794. The third-order valence-corrected chi connectivity index (χ3v) is 2.94. The lowest BCUT2D eigenvalue weighted by Crippen LogP contribution is -2.19. The number of carbonyl (C=O) groups is 1. The first-order valence-electron chi connectivity index (χ1n) is 5.64. The average Bonchev–Trinajstić information content (AvgIpc) is 2.73. The highest BCUT2D eigenvalue weighted by molar-refractivity contribution is 5.85. The van der Waals surface area contributed by atoms with Gasteiger partial charge in [-0.15, -0.1) is 10.2 Å². The number of anilines is 1. The third kappa shape index (κ3) is 3.13. The van der Waals surface area contributed by atoms with Crippen LogP contribution in [-0.2, 0) is 0 Å². The molecule has 1 saturated heterocycles. The lowest BCUT2D eigenvalue weighted by Gasteiger charge is -2.11. The molecule has 1 atom stereocenters. The Morgan fingerprint density at radius 1 is 1.59 bits per heavy atom. The first-order chi connectivity index (χ1) is 8.15. The second-order valence-corrected chi connectivity index (χ2v) is 4.41. The maximum absolute atomic E-state index is 10.6. The molecule has 0 saturated carbocycles. The summed E-state index contributed by atoms with van der Waals surface area (Å²) in [4.78, 5) is 12.9. The molecule has 1 fully saturated rings. The third-order valence-electron chi connectivity index (χ3n) is 2.94. The van der Waals surface area contributed by atoms with Gasteiger partial charge in [0.15, 0.2) is 5.69 Å². The van der Waals surface area contributed by atoms with E-state index in [0.717, 1.165) is 19.6 Å². The Balaban J connectivity index is 1.85. The zero-order valence-electron chi connectivity index (χ0n) is 9.76. The second-order valence-electron chi connectivity index (χ2n) is 4.41. The summed E-state index contributed by atoms with van der Waals surface area (Å²) in [5.41, 5.74) is -0.0313. The number of nitrogens with zero attached hydrogens (tertiary/aromatic N) is 3. The van der Waals surface area contributed by atoms with Crippen LogP contribution in [0.1, 0.15) is 16.9 Å². The molecule has 2 N–H and O–H groups in total. The van der Waals surface area contributed by atoms with Crippen LogP contribution in [0.3, 0.4) is 0 Å². The van der Waals surface area contributed by atoms with Crippen molar-refractivity contribution in [2.45, 2.75) is 6.42 Å². The molecule has 2 rings (SSSR count). The van der Waals surface area contributed by atoms with Crippen LogP contribution in [-0.4, -0.2) is 52.9 Å². The van der Waals surface area contributed by atoms with E-state index in [1.165, 1.54) is 12.5 Å². The summed E-state index contributed by atoms with van der Waals surface area (Å²) in [7, 11) is 2.11. The van der Waals surface area contributed by atoms with E-state index in [1.54, 1.807) is 6.07 Å². The molecule has 1 aromatic rings. The number of carboxylic acids is 1. The Hall–Kier alpha value is -1.69. The minimum Gasteiger partial charge on any atom is -0.476 e. The van der Waals surface area contributed by atoms with E-state index < -0.39 is 5.97 Å².